The van der Waals surface area contributed by atoms with Crippen LogP contribution in [0.4, 0.5) is 4.79 Å². The molecule has 2 heterocycles. The minimum absolute atomic E-state index is 0.247. The van der Waals surface area contributed by atoms with Crippen LogP contribution in [-0.2, 0) is 14.8 Å². The van der Waals surface area contributed by atoms with Crippen molar-refractivity contribution < 1.29 is 17.9 Å². The van der Waals surface area contributed by atoms with Crippen LogP contribution in [0.25, 0.3) is 0 Å². The molecule has 2 saturated heterocycles. The van der Waals surface area contributed by atoms with Crippen molar-refractivity contribution in [2.45, 2.75) is 39.2 Å². The smallest absolute Gasteiger partial charge is 0.410 e. The maximum atomic E-state index is 12.1. The summed E-state index contributed by atoms with van der Waals surface area (Å²) in [5.74, 6) is 0.376. The van der Waals surface area contributed by atoms with Gasteiger partial charge in [0.1, 0.15) is 5.60 Å². The molecule has 2 rings (SSSR count). The zero-order valence-electron chi connectivity index (χ0n) is 15.3. The molecule has 8 heteroatoms. The summed E-state index contributed by atoms with van der Waals surface area (Å²) in [7, 11) is -3.09. The SMILES string of the molecule is CC(C)(C)OC(=O)N1CCN(C[C@H]2CCCN(S(C)(=O)=O)C2)CC1. The predicted molar refractivity (Wildman–Crippen MR) is 93.4 cm³/mol. The van der Waals surface area contributed by atoms with Gasteiger partial charge in [-0.15, -0.1) is 0 Å². The van der Waals surface area contributed by atoms with E-state index in [0.717, 1.165) is 32.5 Å². The topological polar surface area (TPSA) is 70.2 Å². The Morgan fingerprint density at radius 2 is 1.75 bits per heavy atom. The highest BCUT2D eigenvalue weighted by atomic mass is 32.2. The van der Waals surface area contributed by atoms with E-state index in [9.17, 15) is 13.2 Å². The largest absolute Gasteiger partial charge is 0.444 e. The summed E-state index contributed by atoms with van der Waals surface area (Å²) >= 11 is 0. The van der Waals surface area contributed by atoms with Gasteiger partial charge in [-0.1, -0.05) is 0 Å². The van der Waals surface area contributed by atoms with Crippen molar-refractivity contribution in [1.82, 2.24) is 14.1 Å². The van der Waals surface area contributed by atoms with Gasteiger partial charge in [-0.05, 0) is 39.5 Å². The van der Waals surface area contributed by atoms with Crippen LogP contribution in [0.1, 0.15) is 33.6 Å². The Labute approximate surface area is 146 Å². The number of rotatable bonds is 3. The lowest BCUT2D eigenvalue weighted by Crippen LogP contribution is -2.52. The van der Waals surface area contributed by atoms with Crippen LogP contribution in [0.5, 0.6) is 0 Å². The summed E-state index contributed by atoms with van der Waals surface area (Å²) in [6.07, 6.45) is 3.03. The number of carbonyl (C=O) groups excluding carboxylic acids is 1. The number of ether oxygens (including phenoxy) is 1. The Hall–Kier alpha value is -0.860. The second-order valence-electron chi connectivity index (χ2n) is 7.90. The number of piperidine rings is 1. The van der Waals surface area contributed by atoms with Crippen molar-refractivity contribution in [2.75, 3.05) is 52.1 Å². The van der Waals surface area contributed by atoms with E-state index in [-0.39, 0.29) is 6.09 Å². The Kier molecular flexibility index (Phi) is 6.14. The maximum Gasteiger partial charge on any atom is 0.410 e. The minimum atomic E-state index is -3.09. The average Bonchev–Trinajstić information content (AvgIpc) is 2.45. The molecule has 1 amide bonds. The van der Waals surface area contributed by atoms with E-state index in [2.05, 4.69) is 4.90 Å². The summed E-state index contributed by atoms with van der Waals surface area (Å²) in [6, 6.07) is 0. The highest BCUT2D eigenvalue weighted by Crippen LogP contribution is 2.20. The summed E-state index contributed by atoms with van der Waals surface area (Å²) < 4.78 is 30.4. The predicted octanol–water partition coefficient (Wildman–Crippen LogP) is 1.21. The van der Waals surface area contributed by atoms with Gasteiger partial charge in [0.25, 0.3) is 0 Å². The highest BCUT2D eigenvalue weighted by molar-refractivity contribution is 7.88. The third-order valence-electron chi connectivity index (χ3n) is 4.49. The number of amides is 1. The fourth-order valence-electron chi connectivity index (χ4n) is 3.28. The molecule has 0 aromatic heterocycles. The molecule has 0 saturated carbocycles. The van der Waals surface area contributed by atoms with E-state index >= 15 is 0 Å². The van der Waals surface area contributed by atoms with Crippen LogP contribution < -0.4 is 0 Å². The molecule has 2 fully saturated rings. The average molecular weight is 362 g/mol. The lowest BCUT2D eigenvalue weighted by atomic mass is 9.99. The van der Waals surface area contributed by atoms with E-state index in [1.165, 1.54) is 6.26 Å². The third-order valence-corrected chi connectivity index (χ3v) is 5.76. The molecule has 0 spiro atoms. The Balaban J connectivity index is 1.78. The zero-order chi connectivity index (χ0) is 18.0. The molecule has 1 atom stereocenters. The molecule has 0 unspecified atom stereocenters. The number of hydrogen-bond donors (Lipinski definition) is 0. The van der Waals surface area contributed by atoms with Gasteiger partial charge >= 0.3 is 6.09 Å². The number of carbonyl (C=O) groups is 1. The molecular weight excluding hydrogens is 330 g/mol. The Morgan fingerprint density at radius 1 is 1.12 bits per heavy atom. The summed E-state index contributed by atoms with van der Waals surface area (Å²) in [4.78, 5) is 16.2. The van der Waals surface area contributed by atoms with Crippen molar-refractivity contribution >= 4 is 16.1 Å². The van der Waals surface area contributed by atoms with E-state index < -0.39 is 15.6 Å². The highest BCUT2D eigenvalue weighted by Gasteiger charge is 2.30. The van der Waals surface area contributed by atoms with Gasteiger partial charge < -0.3 is 9.64 Å². The quantitative estimate of drug-likeness (QED) is 0.756. The van der Waals surface area contributed by atoms with Crippen LogP contribution in [-0.4, -0.2) is 86.3 Å². The second kappa shape index (κ2) is 7.58. The normalized spacial score (nSPS) is 24.8. The maximum absolute atomic E-state index is 12.1. The van der Waals surface area contributed by atoms with E-state index in [1.807, 2.05) is 20.8 Å². The van der Waals surface area contributed by atoms with Gasteiger partial charge in [-0.3, -0.25) is 4.90 Å². The fourth-order valence-corrected chi connectivity index (χ4v) is 4.22. The van der Waals surface area contributed by atoms with Crippen molar-refractivity contribution in [1.29, 1.82) is 0 Å². The molecule has 2 aliphatic heterocycles. The van der Waals surface area contributed by atoms with E-state index in [4.69, 9.17) is 4.74 Å². The van der Waals surface area contributed by atoms with Crippen LogP contribution in [0.3, 0.4) is 0 Å². The Bertz CT molecular complexity index is 536. The lowest BCUT2D eigenvalue weighted by molar-refractivity contribution is 0.0126. The van der Waals surface area contributed by atoms with Crippen LogP contribution in [0.15, 0.2) is 0 Å². The molecule has 7 nitrogen and oxygen atoms in total. The summed E-state index contributed by atoms with van der Waals surface area (Å²) in [5.41, 5.74) is -0.467. The van der Waals surface area contributed by atoms with Crippen molar-refractivity contribution in [3.63, 3.8) is 0 Å². The monoisotopic (exact) mass is 361 g/mol. The first kappa shape index (κ1) is 19.5. The molecule has 0 N–H and O–H groups in total. The number of sulfonamides is 1. The third kappa shape index (κ3) is 5.89. The molecule has 0 radical (unpaired) electrons. The van der Waals surface area contributed by atoms with Gasteiger partial charge in [0.15, 0.2) is 0 Å². The first-order chi connectivity index (χ1) is 11.0. The zero-order valence-corrected chi connectivity index (χ0v) is 16.1. The first-order valence-electron chi connectivity index (χ1n) is 8.70. The molecule has 0 aromatic carbocycles. The van der Waals surface area contributed by atoms with Crippen LogP contribution >= 0.6 is 0 Å². The van der Waals surface area contributed by atoms with Gasteiger partial charge in [0, 0.05) is 45.8 Å². The summed E-state index contributed by atoms with van der Waals surface area (Å²) in [6.45, 7) is 10.7. The number of hydrogen-bond acceptors (Lipinski definition) is 5. The summed E-state index contributed by atoms with van der Waals surface area (Å²) in [5, 5.41) is 0. The van der Waals surface area contributed by atoms with Gasteiger partial charge in [0.2, 0.25) is 10.0 Å². The second-order valence-corrected chi connectivity index (χ2v) is 9.88. The standard InChI is InChI=1S/C16H31N3O4S/c1-16(2,3)23-15(20)18-10-8-17(9-11-18)12-14-6-5-7-19(13-14)24(4,21)22/h14H,5-13H2,1-4H3/t14-/m1/s1. The minimum Gasteiger partial charge on any atom is -0.444 e. The van der Waals surface area contributed by atoms with E-state index in [0.29, 0.717) is 32.1 Å². The van der Waals surface area contributed by atoms with Crippen molar-refractivity contribution in [3.8, 4) is 0 Å². The lowest BCUT2D eigenvalue weighted by Gasteiger charge is -2.39. The fraction of sp³-hybridized carbons (Fsp3) is 0.938. The van der Waals surface area contributed by atoms with Crippen LogP contribution in [0, 0.1) is 5.92 Å². The molecule has 140 valence electrons. The van der Waals surface area contributed by atoms with Gasteiger partial charge in [-0.25, -0.2) is 17.5 Å². The molecular formula is C16H31N3O4S. The molecule has 0 aromatic rings. The van der Waals surface area contributed by atoms with Crippen molar-refractivity contribution in [2.24, 2.45) is 5.92 Å². The molecule has 0 aliphatic carbocycles. The number of piperazine rings is 1. The molecule has 2 aliphatic rings. The van der Waals surface area contributed by atoms with Gasteiger partial charge in [0.05, 0.1) is 6.26 Å². The Morgan fingerprint density at radius 3 is 2.29 bits per heavy atom. The molecule has 0 bridgehead atoms. The molecule has 24 heavy (non-hydrogen) atoms. The first-order valence-corrected chi connectivity index (χ1v) is 10.5. The number of nitrogens with zero attached hydrogens (tertiary/aromatic N) is 3. The van der Waals surface area contributed by atoms with E-state index in [1.54, 1.807) is 9.21 Å². The van der Waals surface area contributed by atoms with Crippen molar-refractivity contribution in [3.05, 3.63) is 0 Å². The van der Waals surface area contributed by atoms with Gasteiger partial charge in [-0.2, -0.15) is 0 Å². The van der Waals surface area contributed by atoms with Crippen LogP contribution in [0.2, 0.25) is 0 Å².